The smallest absolute Gasteiger partial charge is 0.296 e. The molecule has 84 valence electrons. The quantitative estimate of drug-likeness (QED) is 0.649. The van der Waals surface area contributed by atoms with Gasteiger partial charge in [-0.05, 0) is 12.1 Å². The highest BCUT2D eigenvalue weighted by molar-refractivity contribution is 7.85. The first-order valence-corrected chi connectivity index (χ1v) is 5.38. The second-order valence-electron chi connectivity index (χ2n) is 2.80. The molecule has 1 rings (SSSR count). The molecule has 0 saturated carbocycles. The third kappa shape index (κ3) is 2.58. The van der Waals surface area contributed by atoms with Crippen LogP contribution in [0.25, 0.3) is 0 Å². The monoisotopic (exact) mass is 234 g/mol. The molecule has 0 radical (unpaired) electrons. The van der Waals surface area contributed by atoms with Crippen molar-refractivity contribution in [3.05, 3.63) is 23.8 Å². The summed E-state index contributed by atoms with van der Waals surface area (Å²) in [5.41, 5.74) is -2.22. The van der Waals surface area contributed by atoms with Crippen LogP contribution in [-0.4, -0.2) is 30.3 Å². The van der Waals surface area contributed by atoms with E-state index in [0.717, 1.165) is 6.07 Å². The molecule has 15 heavy (non-hydrogen) atoms. The summed E-state index contributed by atoms with van der Waals surface area (Å²) < 4.78 is 34.5. The van der Waals surface area contributed by atoms with Gasteiger partial charge in [0.1, 0.15) is 0 Å². The van der Waals surface area contributed by atoms with Gasteiger partial charge in [0.2, 0.25) is 5.44 Å². The molecule has 7 heteroatoms. The summed E-state index contributed by atoms with van der Waals surface area (Å²) in [5, 5.41) is 18.4. The molecule has 0 amide bonds. The zero-order chi connectivity index (χ0) is 11.6. The van der Waals surface area contributed by atoms with E-state index in [1.165, 1.54) is 19.2 Å². The van der Waals surface area contributed by atoms with E-state index in [2.05, 4.69) is 0 Å². The molecule has 0 bridgehead atoms. The molecule has 0 aliphatic rings. The van der Waals surface area contributed by atoms with Crippen LogP contribution < -0.4 is 4.74 Å². The molecule has 0 aliphatic carbocycles. The molecule has 1 atom stereocenters. The van der Waals surface area contributed by atoms with E-state index < -0.39 is 15.6 Å². The van der Waals surface area contributed by atoms with Crippen molar-refractivity contribution in [2.45, 2.75) is 5.44 Å². The minimum absolute atomic E-state index is 0.140. The van der Waals surface area contributed by atoms with Crippen molar-refractivity contribution in [3.63, 3.8) is 0 Å². The van der Waals surface area contributed by atoms with Crippen molar-refractivity contribution in [1.82, 2.24) is 0 Å². The lowest BCUT2D eigenvalue weighted by Crippen LogP contribution is -2.11. The van der Waals surface area contributed by atoms with Gasteiger partial charge in [-0.3, -0.25) is 4.55 Å². The van der Waals surface area contributed by atoms with Gasteiger partial charge >= 0.3 is 0 Å². The molecule has 0 spiro atoms. The number of phenols is 1. The van der Waals surface area contributed by atoms with Crippen LogP contribution in [0.2, 0.25) is 0 Å². The van der Waals surface area contributed by atoms with Gasteiger partial charge in [0.15, 0.2) is 11.5 Å². The minimum Gasteiger partial charge on any atom is -0.504 e. The van der Waals surface area contributed by atoms with Gasteiger partial charge in [0.05, 0.1) is 7.11 Å². The number of phenolic OH excluding ortho intramolecular Hbond substituents is 1. The van der Waals surface area contributed by atoms with Gasteiger partial charge in [-0.25, -0.2) is 0 Å². The van der Waals surface area contributed by atoms with Crippen LogP contribution in [0, 0.1) is 0 Å². The molecule has 1 unspecified atom stereocenters. The zero-order valence-electron chi connectivity index (χ0n) is 7.78. The van der Waals surface area contributed by atoms with E-state index in [1.807, 2.05) is 0 Å². The third-order valence-electron chi connectivity index (χ3n) is 1.77. The van der Waals surface area contributed by atoms with Crippen LogP contribution in [0.4, 0.5) is 0 Å². The first kappa shape index (κ1) is 11.8. The lowest BCUT2D eigenvalue weighted by Gasteiger charge is -2.09. The highest BCUT2D eigenvalue weighted by atomic mass is 32.2. The summed E-state index contributed by atoms with van der Waals surface area (Å²) in [6, 6.07) is 3.49. The maximum absolute atomic E-state index is 10.6. The van der Waals surface area contributed by atoms with Crippen LogP contribution in [-0.2, 0) is 10.1 Å². The maximum Gasteiger partial charge on any atom is 0.296 e. The van der Waals surface area contributed by atoms with Gasteiger partial charge in [0.25, 0.3) is 10.1 Å². The largest absolute Gasteiger partial charge is 0.504 e. The van der Waals surface area contributed by atoms with E-state index in [9.17, 15) is 13.5 Å². The van der Waals surface area contributed by atoms with E-state index in [1.54, 1.807) is 0 Å². The number of aliphatic hydroxyl groups excluding tert-OH is 1. The second kappa shape index (κ2) is 4.05. The average molecular weight is 234 g/mol. The first-order valence-electron chi connectivity index (χ1n) is 3.87. The van der Waals surface area contributed by atoms with Crippen LogP contribution in [0.15, 0.2) is 18.2 Å². The van der Waals surface area contributed by atoms with Crippen LogP contribution >= 0.6 is 0 Å². The molecule has 0 heterocycles. The maximum atomic E-state index is 10.6. The Morgan fingerprint density at radius 3 is 2.40 bits per heavy atom. The Morgan fingerprint density at radius 2 is 2.00 bits per heavy atom. The van der Waals surface area contributed by atoms with E-state index >= 15 is 0 Å². The molecule has 3 N–H and O–H groups in total. The molecular weight excluding hydrogens is 224 g/mol. The molecule has 0 aromatic heterocycles. The van der Waals surface area contributed by atoms with Crippen molar-refractivity contribution < 1.29 is 27.9 Å². The number of rotatable bonds is 3. The average Bonchev–Trinajstić information content (AvgIpc) is 2.15. The molecule has 1 aromatic rings. The number of ether oxygens (including phenoxy) is 1. The highest BCUT2D eigenvalue weighted by Crippen LogP contribution is 2.30. The fourth-order valence-corrected chi connectivity index (χ4v) is 1.52. The Balaban J connectivity index is 3.13. The van der Waals surface area contributed by atoms with Crippen LogP contribution in [0.3, 0.4) is 0 Å². The third-order valence-corrected chi connectivity index (χ3v) is 2.61. The van der Waals surface area contributed by atoms with Gasteiger partial charge < -0.3 is 14.9 Å². The summed E-state index contributed by atoms with van der Waals surface area (Å²) in [4.78, 5) is 0. The molecule has 0 fully saturated rings. The number of aromatic hydroxyl groups is 1. The van der Waals surface area contributed by atoms with Crippen molar-refractivity contribution >= 4 is 10.1 Å². The van der Waals surface area contributed by atoms with Crippen LogP contribution in [0.5, 0.6) is 11.5 Å². The van der Waals surface area contributed by atoms with E-state index in [-0.39, 0.29) is 17.1 Å². The first-order chi connectivity index (χ1) is 6.86. The molecule has 0 aliphatic heterocycles. The Bertz CT molecular complexity index is 452. The summed E-state index contributed by atoms with van der Waals surface area (Å²) in [6.07, 6.45) is 0. The summed E-state index contributed by atoms with van der Waals surface area (Å²) in [7, 11) is -3.26. The Kier molecular flexibility index (Phi) is 3.18. The normalized spacial score (nSPS) is 13.5. The fourth-order valence-electron chi connectivity index (χ4n) is 1.03. The topological polar surface area (TPSA) is 104 Å². The fraction of sp³-hybridized carbons (Fsp3) is 0.250. The van der Waals surface area contributed by atoms with Crippen molar-refractivity contribution in [3.8, 4) is 11.5 Å². The lowest BCUT2D eigenvalue weighted by atomic mass is 10.2. The molecule has 6 nitrogen and oxygen atoms in total. The molecule has 1 aromatic carbocycles. The standard InChI is InChI=1S/C8H10O6S/c1-14-7-3-2-5(4-6(7)9)8(10)15(11,12)13/h2-4,8-10H,1H3,(H,11,12,13). The van der Waals surface area contributed by atoms with E-state index in [0.29, 0.717) is 0 Å². The van der Waals surface area contributed by atoms with Crippen LogP contribution in [0.1, 0.15) is 11.0 Å². The predicted octanol–water partition coefficient (Wildman–Crippen LogP) is 0.280. The number of benzene rings is 1. The van der Waals surface area contributed by atoms with Crippen molar-refractivity contribution in [2.24, 2.45) is 0 Å². The van der Waals surface area contributed by atoms with Gasteiger partial charge in [0, 0.05) is 5.56 Å². The highest BCUT2D eigenvalue weighted by Gasteiger charge is 2.22. The number of methoxy groups -OCH3 is 1. The Hall–Kier alpha value is -1.31. The minimum atomic E-state index is -4.59. The van der Waals surface area contributed by atoms with Crippen molar-refractivity contribution in [1.29, 1.82) is 0 Å². The van der Waals surface area contributed by atoms with E-state index in [4.69, 9.17) is 14.4 Å². The lowest BCUT2D eigenvalue weighted by molar-refractivity contribution is 0.237. The second-order valence-corrected chi connectivity index (χ2v) is 4.28. The molecule has 0 saturated heterocycles. The van der Waals surface area contributed by atoms with Gasteiger partial charge in [-0.1, -0.05) is 6.07 Å². The van der Waals surface area contributed by atoms with Crippen molar-refractivity contribution in [2.75, 3.05) is 7.11 Å². The molecular formula is C8H10O6S. The SMILES string of the molecule is COc1ccc(C(O)S(=O)(=O)O)cc1O. The summed E-state index contributed by atoms with van der Waals surface area (Å²) >= 11 is 0. The van der Waals surface area contributed by atoms with Gasteiger partial charge in [-0.2, -0.15) is 8.42 Å². The Labute approximate surface area is 86.5 Å². The number of hydrogen-bond donors (Lipinski definition) is 3. The summed E-state index contributed by atoms with van der Waals surface area (Å²) in [5.74, 6) is -0.181. The Morgan fingerprint density at radius 1 is 1.40 bits per heavy atom. The number of aliphatic hydroxyl groups is 1. The predicted molar refractivity (Wildman–Crippen MR) is 51.2 cm³/mol. The number of hydrogen-bond acceptors (Lipinski definition) is 5. The zero-order valence-corrected chi connectivity index (χ0v) is 8.60. The van der Waals surface area contributed by atoms with Gasteiger partial charge in [-0.15, -0.1) is 0 Å². The summed E-state index contributed by atoms with van der Waals surface area (Å²) in [6.45, 7) is 0.